The summed E-state index contributed by atoms with van der Waals surface area (Å²) in [6.07, 6.45) is 6.65. The SMILES string of the molecule is CN(CCCCc1ccccc1)C(=O)NCc1cccnc1. The van der Waals surface area contributed by atoms with Crippen LogP contribution in [0.3, 0.4) is 0 Å². The van der Waals surface area contributed by atoms with E-state index in [0.717, 1.165) is 31.4 Å². The highest BCUT2D eigenvalue weighted by atomic mass is 16.2. The van der Waals surface area contributed by atoms with Crippen molar-refractivity contribution in [2.24, 2.45) is 0 Å². The molecule has 4 nitrogen and oxygen atoms in total. The third kappa shape index (κ3) is 5.56. The monoisotopic (exact) mass is 297 g/mol. The maximum absolute atomic E-state index is 12.0. The van der Waals surface area contributed by atoms with Crippen molar-refractivity contribution < 1.29 is 4.79 Å². The van der Waals surface area contributed by atoms with Gasteiger partial charge in [-0.1, -0.05) is 36.4 Å². The molecule has 0 unspecified atom stereocenters. The Hall–Kier alpha value is -2.36. The molecule has 0 aliphatic rings. The van der Waals surface area contributed by atoms with Gasteiger partial charge < -0.3 is 10.2 Å². The van der Waals surface area contributed by atoms with E-state index in [2.05, 4.69) is 34.6 Å². The minimum absolute atomic E-state index is 0.0384. The summed E-state index contributed by atoms with van der Waals surface area (Å²) < 4.78 is 0. The molecular formula is C18H23N3O. The van der Waals surface area contributed by atoms with Crippen LogP contribution in [0.1, 0.15) is 24.0 Å². The van der Waals surface area contributed by atoms with Gasteiger partial charge in [0.05, 0.1) is 0 Å². The first-order valence-electron chi connectivity index (χ1n) is 7.67. The summed E-state index contributed by atoms with van der Waals surface area (Å²) in [4.78, 5) is 17.7. The van der Waals surface area contributed by atoms with E-state index in [4.69, 9.17) is 0 Å². The number of carbonyl (C=O) groups excluding carboxylic acids is 1. The number of unbranched alkanes of at least 4 members (excludes halogenated alkanes) is 1. The fourth-order valence-electron chi connectivity index (χ4n) is 2.24. The highest BCUT2D eigenvalue weighted by molar-refractivity contribution is 5.73. The molecule has 22 heavy (non-hydrogen) atoms. The van der Waals surface area contributed by atoms with Gasteiger partial charge >= 0.3 is 6.03 Å². The van der Waals surface area contributed by atoms with Gasteiger partial charge in [0.15, 0.2) is 0 Å². The smallest absolute Gasteiger partial charge is 0.317 e. The minimum Gasteiger partial charge on any atom is -0.334 e. The van der Waals surface area contributed by atoms with E-state index in [0.29, 0.717) is 6.54 Å². The predicted octanol–water partition coefficient (Wildman–Crippen LogP) is 3.25. The number of nitrogens with one attached hydrogen (secondary N) is 1. The van der Waals surface area contributed by atoms with Gasteiger partial charge in [0.1, 0.15) is 0 Å². The average Bonchev–Trinajstić information content (AvgIpc) is 2.58. The normalized spacial score (nSPS) is 10.2. The fourth-order valence-corrected chi connectivity index (χ4v) is 2.24. The molecule has 1 N–H and O–H groups in total. The second-order valence-electron chi connectivity index (χ2n) is 5.38. The first-order chi connectivity index (χ1) is 10.8. The van der Waals surface area contributed by atoms with Crippen LogP contribution in [-0.4, -0.2) is 29.5 Å². The van der Waals surface area contributed by atoms with Gasteiger partial charge in [-0.05, 0) is 36.5 Å². The van der Waals surface area contributed by atoms with E-state index in [1.165, 1.54) is 5.56 Å². The lowest BCUT2D eigenvalue weighted by atomic mass is 10.1. The third-order valence-electron chi connectivity index (χ3n) is 3.57. The largest absolute Gasteiger partial charge is 0.334 e. The predicted molar refractivity (Wildman–Crippen MR) is 88.5 cm³/mol. The number of pyridine rings is 1. The maximum Gasteiger partial charge on any atom is 0.317 e. The first-order valence-corrected chi connectivity index (χ1v) is 7.67. The number of nitrogens with zero attached hydrogens (tertiary/aromatic N) is 2. The number of rotatable bonds is 7. The quantitative estimate of drug-likeness (QED) is 0.797. The lowest BCUT2D eigenvalue weighted by Gasteiger charge is -2.17. The Balaban J connectivity index is 1.62. The Morgan fingerprint density at radius 1 is 1.09 bits per heavy atom. The number of aryl methyl sites for hydroxylation is 1. The molecule has 1 aromatic carbocycles. The molecule has 2 aromatic rings. The fraction of sp³-hybridized carbons (Fsp3) is 0.333. The van der Waals surface area contributed by atoms with Crippen LogP contribution in [0.25, 0.3) is 0 Å². The molecule has 0 spiro atoms. The standard InChI is InChI=1S/C18H23N3O/c1-21(13-6-5-10-16-8-3-2-4-9-16)18(22)20-15-17-11-7-12-19-14-17/h2-4,7-9,11-12,14H,5-6,10,13,15H2,1H3,(H,20,22). The molecule has 1 aromatic heterocycles. The Morgan fingerprint density at radius 2 is 1.86 bits per heavy atom. The van der Waals surface area contributed by atoms with Gasteiger partial charge in [0.25, 0.3) is 0 Å². The molecular weight excluding hydrogens is 274 g/mol. The zero-order chi connectivity index (χ0) is 15.6. The van der Waals surface area contributed by atoms with E-state index in [-0.39, 0.29) is 6.03 Å². The number of hydrogen-bond donors (Lipinski definition) is 1. The first kappa shape index (κ1) is 16.0. The number of amides is 2. The van der Waals surface area contributed by atoms with E-state index >= 15 is 0 Å². The number of benzene rings is 1. The Labute approximate surface area is 132 Å². The number of hydrogen-bond acceptors (Lipinski definition) is 2. The van der Waals surface area contributed by atoms with Crippen molar-refractivity contribution >= 4 is 6.03 Å². The van der Waals surface area contributed by atoms with Crippen molar-refractivity contribution in [1.29, 1.82) is 0 Å². The van der Waals surface area contributed by atoms with Crippen LogP contribution in [0.4, 0.5) is 4.79 Å². The van der Waals surface area contributed by atoms with Crippen LogP contribution in [0, 0.1) is 0 Å². The van der Waals surface area contributed by atoms with Crippen LogP contribution in [0.5, 0.6) is 0 Å². The van der Waals surface area contributed by atoms with Gasteiger partial charge in [-0.25, -0.2) is 4.79 Å². The molecule has 1 heterocycles. The molecule has 0 radical (unpaired) electrons. The molecule has 2 rings (SSSR count). The highest BCUT2D eigenvalue weighted by Gasteiger charge is 2.07. The molecule has 0 saturated carbocycles. The summed E-state index contributed by atoms with van der Waals surface area (Å²) in [5.41, 5.74) is 2.36. The van der Waals surface area contributed by atoms with Crippen LogP contribution in [0.2, 0.25) is 0 Å². The van der Waals surface area contributed by atoms with Crippen molar-refractivity contribution in [3.05, 3.63) is 66.0 Å². The number of urea groups is 1. The summed E-state index contributed by atoms with van der Waals surface area (Å²) >= 11 is 0. The van der Waals surface area contributed by atoms with Crippen molar-refractivity contribution in [3.63, 3.8) is 0 Å². The molecule has 0 bridgehead atoms. The van der Waals surface area contributed by atoms with Crippen LogP contribution in [-0.2, 0) is 13.0 Å². The van der Waals surface area contributed by atoms with Crippen LogP contribution >= 0.6 is 0 Å². The Morgan fingerprint density at radius 3 is 2.59 bits per heavy atom. The van der Waals surface area contributed by atoms with Gasteiger partial charge in [0.2, 0.25) is 0 Å². The summed E-state index contributed by atoms with van der Waals surface area (Å²) in [5.74, 6) is 0. The zero-order valence-electron chi connectivity index (χ0n) is 13.0. The maximum atomic E-state index is 12.0. The van der Waals surface area contributed by atoms with E-state index in [1.54, 1.807) is 17.3 Å². The topological polar surface area (TPSA) is 45.2 Å². The molecule has 0 aliphatic heterocycles. The van der Waals surface area contributed by atoms with Gasteiger partial charge in [-0.3, -0.25) is 4.98 Å². The van der Waals surface area contributed by atoms with E-state index in [1.807, 2.05) is 25.2 Å². The lowest BCUT2D eigenvalue weighted by molar-refractivity contribution is 0.207. The van der Waals surface area contributed by atoms with Gasteiger partial charge in [0, 0.05) is 32.5 Å². The van der Waals surface area contributed by atoms with Gasteiger partial charge in [-0.15, -0.1) is 0 Å². The molecule has 0 fully saturated rings. The molecule has 0 aliphatic carbocycles. The molecule has 0 atom stereocenters. The summed E-state index contributed by atoms with van der Waals surface area (Å²) in [6.45, 7) is 1.28. The number of carbonyl (C=O) groups is 1. The summed E-state index contributed by atoms with van der Waals surface area (Å²) in [6, 6.07) is 14.2. The molecule has 116 valence electrons. The second-order valence-corrected chi connectivity index (χ2v) is 5.38. The van der Waals surface area contributed by atoms with E-state index < -0.39 is 0 Å². The number of aromatic nitrogens is 1. The highest BCUT2D eigenvalue weighted by Crippen LogP contribution is 2.05. The minimum atomic E-state index is -0.0384. The Kier molecular flexibility index (Phi) is 6.42. The van der Waals surface area contributed by atoms with Crippen molar-refractivity contribution in [1.82, 2.24) is 15.2 Å². The third-order valence-corrected chi connectivity index (χ3v) is 3.57. The molecule has 4 heteroatoms. The van der Waals surface area contributed by atoms with Crippen molar-refractivity contribution in [2.75, 3.05) is 13.6 Å². The van der Waals surface area contributed by atoms with Crippen LogP contribution < -0.4 is 5.32 Å². The zero-order valence-corrected chi connectivity index (χ0v) is 13.0. The Bertz CT molecular complexity index is 557. The molecule has 2 amide bonds. The van der Waals surface area contributed by atoms with Crippen molar-refractivity contribution in [2.45, 2.75) is 25.8 Å². The van der Waals surface area contributed by atoms with E-state index in [9.17, 15) is 4.79 Å². The van der Waals surface area contributed by atoms with Gasteiger partial charge in [-0.2, -0.15) is 0 Å². The summed E-state index contributed by atoms with van der Waals surface area (Å²) in [7, 11) is 1.83. The summed E-state index contributed by atoms with van der Waals surface area (Å²) in [5, 5.41) is 2.90. The average molecular weight is 297 g/mol. The van der Waals surface area contributed by atoms with Crippen LogP contribution in [0.15, 0.2) is 54.9 Å². The lowest BCUT2D eigenvalue weighted by Crippen LogP contribution is -2.37. The second kappa shape index (κ2) is 8.82. The molecule has 0 saturated heterocycles. The van der Waals surface area contributed by atoms with Crippen molar-refractivity contribution in [3.8, 4) is 0 Å².